The fourth-order valence-corrected chi connectivity index (χ4v) is 1.76. The maximum Gasteiger partial charge on any atom is 0.268 e. The van der Waals surface area contributed by atoms with Crippen molar-refractivity contribution in [2.24, 2.45) is 5.73 Å². The first-order valence-corrected chi connectivity index (χ1v) is 6.68. The van der Waals surface area contributed by atoms with Crippen LogP contribution in [0.4, 0.5) is 4.39 Å². The van der Waals surface area contributed by atoms with E-state index < -0.39 is 5.91 Å². The lowest BCUT2D eigenvalue weighted by Gasteiger charge is -2.09. The smallest absolute Gasteiger partial charge is 0.268 e. The summed E-state index contributed by atoms with van der Waals surface area (Å²) >= 11 is 3.25. The van der Waals surface area contributed by atoms with Crippen LogP contribution >= 0.6 is 15.9 Å². The molecule has 1 amide bonds. The minimum absolute atomic E-state index is 0.0577. The molecule has 0 fully saturated rings. The molecule has 2 rings (SSSR count). The second-order valence-corrected chi connectivity index (χ2v) is 4.73. The van der Waals surface area contributed by atoms with Crippen LogP contribution < -0.4 is 15.2 Å². The van der Waals surface area contributed by atoms with Gasteiger partial charge in [-0.05, 0) is 28.1 Å². The average Bonchev–Trinajstić information content (AvgIpc) is 2.47. The molecule has 1 aromatic carbocycles. The van der Waals surface area contributed by atoms with Crippen molar-refractivity contribution in [3.8, 4) is 11.6 Å². The Labute approximate surface area is 128 Å². The molecule has 0 aliphatic rings. The Hall–Kier alpha value is -2.22. The zero-order valence-electron chi connectivity index (χ0n) is 10.8. The van der Waals surface area contributed by atoms with E-state index in [-0.39, 0.29) is 30.6 Å². The van der Waals surface area contributed by atoms with E-state index in [0.29, 0.717) is 10.2 Å². The number of aromatic nitrogens is 2. The van der Waals surface area contributed by atoms with E-state index in [2.05, 4.69) is 25.9 Å². The second-order valence-electron chi connectivity index (χ2n) is 3.88. The van der Waals surface area contributed by atoms with Gasteiger partial charge in [0.25, 0.3) is 5.91 Å². The lowest BCUT2D eigenvalue weighted by Crippen LogP contribution is -2.14. The number of hydrogen-bond acceptors (Lipinski definition) is 5. The summed E-state index contributed by atoms with van der Waals surface area (Å²) in [6.07, 6.45) is 2.51. The Morgan fingerprint density at radius 3 is 2.67 bits per heavy atom. The summed E-state index contributed by atoms with van der Waals surface area (Å²) in [6, 6.07) is 4.15. The van der Waals surface area contributed by atoms with Gasteiger partial charge in [-0.3, -0.25) is 4.79 Å². The largest absolute Gasteiger partial charge is 0.489 e. The van der Waals surface area contributed by atoms with E-state index in [9.17, 15) is 9.18 Å². The summed E-state index contributed by atoms with van der Waals surface area (Å²) in [4.78, 5) is 18.5. The molecule has 2 N–H and O–H groups in total. The van der Waals surface area contributed by atoms with E-state index >= 15 is 0 Å². The number of nitrogens with zero attached hydrogens (tertiary/aromatic N) is 2. The van der Waals surface area contributed by atoms with Crippen LogP contribution in [0.5, 0.6) is 11.6 Å². The first-order chi connectivity index (χ1) is 10.1. The molecule has 0 unspecified atom stereocenters. The lowest BCUT2D eigenvalue weighted by molar-refractivity contribution is 0.0995. The van der Waals surface area contributed by atoms with Crippen LogP contribution in [0.25, 0.3) is 0 Å². The standard InChI is InChI=1S/C13H11BrFN3O3/c14-9-2-1-8(15)5-11(9)20-3-4-21-12-7-17-10(6-18-12)13(16)19/h1-2,5-7H,3-4H2,(H2,16,19). The number of rotatable bonds is 6. The Kier molecular flexibility index (Phi) is 5.04. The normalized spacial score (nSPS) is 10.2. The van der Waals surface area contributed by atoms with E-state index in [4.69, 9.17) is 15.2 Å². The van der Waals surface area contributed by atoms with Crippen LogP contribution in [0.15, 0.2) is 35.1 Å². The van der Waals surface area contributed by atoms with Gasteiger partial charge in [-0.15, -0.1) is 0 Å². The SMILES string of the molecule is NC(=O)c1cnc(OCCOc2cc(F)ccc2Br)cn1. The Morgan fingerprint density at radius 2 is 2.00 bits per heavy atom. The molecule has 1 heterocycles. The fourth-order valence-electron chi connectivity index (χ4n) is 1.40. The van der Waals surface area contributed by atoms with Gasteiger partial charge < -0.3 is 15.2 Å². The molecule has 0 radical (unpaired) electrons. The van der Waals surface area contributed by atoms with E-state index in [1.165, 1.54) is 24.5 Å². The van der Waals surface area contributed by atoms with Crippen molar-refractivity contribution >= 4 is 21.8 Å². The van der Waals surface area contributed by atoms with Crippen molar-refractivity contribution in [3.05, 3.63) is 46.6 Å². The van der Waals surface area contributed by atoms with E-state index in [1.54, 1.807) is 6.07 Å². The lowest BCUT2D eigenvalue weighted by atomic mass is 10.3. The summed E-state index contributed by atoms with van der Waals surface area (Å²) in [7, 11) is 0. The average molecular weight is 356 g/mol. The summed E-state index contributed by atoms with van der Waals surface area (Å²) in [5, 5.41) is 0. The molecular formula is C13H11BrFN3O3. The summed E-state index contributed by atoms with van der Waals surface area (Å²) in [5.74, 6) is -0.425. The number of amides is 1. The van der Waals surface area contributed by atoms with Gasteiger partial charge in [0.05, 0.1) is 16.9 Å². The zero-order valence-corrected chi connectivity index (χ0v) is 12.3. The number of hydrogen-bond donors (Lipinski definition) is 1. The van der Waals surface area contributed by atoms with Crippen LogP contribution in [0.3, 0.4) is 0 Å². The van der Waals surface area contributed by atoms with Gasteiger partial charge in [0, 0.05) is 6.07 Å². The molecule has 0 spiro atoms. The van der Waals surface area contributed by atoms with Crippen LogP contribution in [-0.2, 0) is 0 Å². The second kappa shape index (κ2) is 6.98. The number of ether oxygens (including phenoxy) is 2. The molecule has 0 aliphatic carbocycles. The van der Waals surface area contributed by atoms with Gasteiger partial charge in [-0.25, -0.2) is 14.4 Å². The monoisotopic (exact) mass is 355 g/mol. The quantitative estimate of drug-likeness (QED) is 0.800. The van der Waals surface area contributed by atoms with Gasteiger partial charge in [0.1, 0.15) is 30.5 Å². The molecule has 0 saturated heterocycles. The first-order valence-electron chi connectivity index (χ1n) is 5.89. The predicted octanol–water partition coefficient (Wildman–Crippen LogP) is 1.93. The van der Waals surface area contributed by atoms with Crippen molar-refractivity contribution in [3.63, 3.8) is 0 Å². The third kappa shape index (κ3) is 4.38. The van der Waals surface area contributed by atoms with Gasteiger partial charge in [-0.2, -0.15) is 0 Å². The first kappa shape index (κ1) is 15.2. The number of primary amides is 1. The van der Waals surface area contributed by atoms with Crippen LogP contribution in [-0.4, -0.2) is 29.1 Å². The van der Waals surface area contributed by atoms with Crippen LogP contribution in [0.2, 0.25) is 0 Å². The molecule has 0 aliphatic heterocycles. The fraction of sp³-hybridized carbons (Fsp3) is 0.154. The highest BCUT2D eigenvalue weighted by atomic mass is 79.9. The molecule has 6 nitrogen and oxygen atoms in total. The molecule has 2 aromatic rings. The maximum absolute atomic E-state index is 13.0. The number of carbonyl (C=O) groups is 1. The molecule has 110 valence electrons. The minimum atomic E-state index is -0.659. The highest BCUT2D eigenvalue weighted by molar-refractivity contribution is 9.10. The molecular weight excluding hydrogens is 345 g/mol. The van der Waals surface area contributed by atoms with Crippen molar-refractivity contribution < 1.29 is 18.7 Å². The molecule has 0 bridgehead atoms. The number of nitrogens with two attached hydrogens (primary N) is 1. The Bertz CT molecular complexity index is 637. The predicted molar refractivity (Wildman–Crippen MR) is 75.6 cm³/mol. The third-order valence-corrected chi connectivity index (χ3v) is 3.02. The van der Waals surface area contributed by atoms with E-state index in [0.717, 1.165) is 0 Å². The van der Waals surface area contributed by atoms with Crippen molar-refractivity contribution in [2.45, 2.75) is 0 Å². The van der Waals surface area contributed by atoms with Gasteiger partial charge in [-0.1, -0.05) is 0 Å². The van der Waals surface area contributed by atoms with Crippen LogP contribution in [0, 0.1) is 5.82 Å². The van der Waals surface area contributed by atoms with Gasteiger partial charge >= 0.3 is 0 Å². The van der Waals surface area contributed by atoms with Crippen molar-refractivity contribution in [1.29, 1.82) is 0 Å². The number of benzene rings is 1. The highest BCUT2D eigenvalue weighted by Crippen LogP contribution is 2.25. The third-order valence-electron chi connectivity index (χ3n) is 2.36. The zero-order chi connectivity index (χ0) is 15.2. The highest BCUT2D eigenvalue weighted by Gasteiger charge is 2.05. The van der Waals surface area contributed by atoms with Crippen molar-refractivity contribution in [1.82, 2.24) is 9.97 Å². The summed E-state index contributed by atoms with van der Waals surface area (Å²) in [5.41, 5.74) is 5.10. The number of halogens is 2. The molecule has 8 heteroatoms. The van der Waals surface area contributed by atoms with Crippen LogP contribution in [0.1, 0.15) is 10.5 Å². The Morgan fingerprint density at radius 1 is 1.24 bits per heavy atom. The molecule has 21 heavy (non-hydrogen) atoms. The number of carbonyl (C=O) groups excluding carboxylic acids is 1. The molecule has 0 atom stereocenters. The van der Waals surface area contributed by atoms with Crippen molar-refractivity contribution in [2.75, 3.05) is 13.2 Å². The van der Waals surface area contributed by atoms with E-state index in [1.807, 2.05) is 0 Å². The van der Waals surface area contributed by atoms with Gasteiger partial charge in [0.15, 0.2) is 0 Å². The molecule has 0 saturated carbocycles. The maximum atomic E-state index is 13.0. The summed E-state index contributed by atoms with van der Waals surface area (Å²) in [6.45, 7) is 0.384. The molecule has 1 aromatic heterocycles. The Balaban J connectivity index is 1.81. The van der Waals surface area contributed by atoms with Gasteiger partial charge in [0.2, 0.25) is 5.88 Å². The minimum Gasteiger partial charge on any atom is -0.489 e. The topological polar surface area (TPSA) is 87.3 Å². The summed E-state index contributed by atoms with van der Waals surface area (Å²) < 4.78 is 24.3.